The fourth-order valence-corrected chi connectivity index (χ4v) is 6.43. The standard InChI is InChI=1S/C20H27BO4S/c1-19(2)20(3,4)25-21(24-19)15-7-5-6-13(10-15)18(22)14-11-16-8-9-17(12-14)26(16)23/h5-7,10,14,16-17H,8-9,11-12H2,1-4H3. The zero-order valence-corrected chi connectivity index (χ0v) is 16.8. The van der Waals surface area contributed by atoms with Crippen LogP contribution in [0.4, 0.5) is 0 Å². The molecular formula is C20H27BO4S. The predicted molar refractivity (Wildman–Crippen MR) is 104 cm³/mol. The lowest BCUT2D eigenvalue weighted by Gasteiger charge is -2.32. The van der Waals surface area contributed by atoms with Crippen LogP contribution in [0.5, 0.6) is 0 Å². The molecule has 3 aliphatic heterocycles. The van der Waals surface area contributed by atoms with Crippen molar-refractivity contribution in [1.82, 2.24) is 0 Å². The number of carbonyl (C=O) groups excluding carboxylic acids is 1. The van der Waals surface area contributed by atoms with Crippen molar-refractivity contribution in [2.24, 2.45) is 5.92 Å². The van der Waals surface area contributed by atoms with Crippen LogP contribution in [-0.2, 0) is 20.1 Å². The van der Waals surface area contributed by atoms with Crippen LogP contribution in [0, 0.1) is 5.92 Å². The van der Waals surface area contributed by atoms with Crippen molar-refractivity contribution in [3.8, 4) is 0 Å². The molecule has 26 heavy (non-hydrogen) atoms. The molecule has 0 amide bonds. The zero-order valence-electron chi connectivity index (χ0n) is 16.0. The van der Waals surface area contributed by atoms with E-state index >= 15 is 0 Å². The first-order chi connectivity index (χ1) is 12.2. The molecule has 3 aliphatic rings. The van der Waals surface area contributed by atoms with Gasteiger partial charge in [0.1, 0.15) is 0 Å². The van der Waals surface area contributed by atoms with E-state index in [0.717, 1.165) is 31.1 Å². The average Bonchev–Trinajstić information content (AvgIpc) is 2.92. The summed E-state index contributed by atoms with van der Waals surface area (Å²) < 4.78 is 24.4. The molecule has 0 spiro atoms. The summed E-state index contributed by atoms with van der Waals surface area (Å²) in [6.45, 7) is 8.11. The van der Waals surface area contributed by atoms with Crippen molar-refractivity contribution in [3.05, 3.63) is 29.8 Å². The van der Waals surface area contributed by atoms with Gasteiger partial charge in [-0.2, -0.15) is 0 Å². The maximum atomic E-state index is 13.1. The van der Waals surface area contributed by atoms with Crippen molar-refractivity contribution in [2.75, 3.05) is 0 Å². The molecule has 6 heteroatoms. The highest BCUT2D eigenvalue weighted by molar-refractivity contribution is 7.86. The minimum Gasteiger partial charge on any atom is -0.399 e. The normalized spacial score (nSPS) is 34.8. The number of Topliss-reactive ketones (excluding diaryl/α,β-unsaturated/α-hetero) is 1. The van der Waals surface area contributed by atoms with E-state index in [1.165, 1.54) is 0 Å². The third-order valence-electron chi connectivity index (χ3n) is 6.63. The van der Waals surface area contributed by atoms with E-state index in [9.17, 15) is 9.00 Å². The fraction of sp³-hybridized carbons (Fsp3) is 0.650. The van der Waals surface area contributed by atoms with E-state index in [4.69, 9.17) is 9.31 Å². The van der Waals surface area contributed by atoms with Crippen LogP contribution in [0.1, 0.15) is 63.7 Å². The predicted octanol–water partition coefficient (Wildman–Crippen LogP) is 2.86. The number of hydrogen-bond acceptors (Lipinski definition) is 4. The summed E-state index contributed by atoms with van der Waals surface area (Å²) in [5.41, 5.74) is 0.806. The molecule has 4 nitrogen and oxygen atoms in total. The molecule has 1 aromatic rings. The Bertz CT molecular complexity index is 728. The number of carbonyl (C=O) groups is 1. The summed E-state index contributed by atoms with van der Waals surface area (Å²) in [5.74, 6) is 0.177. The summed E-state index contributed by atoms with van der Waals surface area (Å²) in [6.07, 6.45) is 3.55. The van der Waals surface area contributed by atoms with Gasteiger partial charge in [-0.25, -0.2) is 0 Å². The van der Waals surface area contributed by atoms with Crippen molar-refractivity contribution >= 4 is 29.2 Å². The number of rotatable bonds is 3. The second-order valence-corrected chi connectivity index (χ2v) is 10.9. The van der Waals surface area contributed by atoms with Crippen LogP contribution in [0.3, 0.4) is 0 Å². The molecule has 0 radical (unpaired) electrons. The first kappa shape index (κ1) is 18.4. The lowest BCUT2D eigenvalue weighted by atomic mass is 9.77. The quantitative estimate of drug-likeness (QED) is 0.603. The maximum absolute atomic E-state index is 13.1. The van der Waals surface area contributed by atoms with E-state index in [1.807, 2.05) is 52.0 Å². The molecular weight excluding hydrogens is 347 g/mol. The zero-order chi connectivity index (χ0) is 18.7. The lowest BCUT2D eigenvalue weighted by molar-refractivity contribution is 0.00578. The van der Waals surface area contributed by atoms with E-state index in [2.05, 4.69) is 0 Å². The van der Waals surface area contributed by atoms with Crippen LogP contribution >= 0.6 is 0 Å². The molecule has 0 aromatic heterocycles. The lowest BCUT2D eigenvalue weighted by Crippen LogP contribution is -2.41. The van der Waals surface area contributed by atoms with Gasteiger partial charge in [0, 0.05) is 32.8 Å². The Morgan fingerprint density at radius 3 is 2.23 bits per heavy atom. The molecule has 2 bridgehead atoms. The Balaban J connectivity index is 1.53. The van der Waals surface area contributed by atoms with Gasteiger partial charge < -0.3 is 9.31 Å². The first-order valence-corrected chi connectivity index (χ1v) is 10.8. The minimum atomic E-state index is -0.728. The number of fused-ring (bicyclic) bond motifs is 2. The Labute approximate surface area is 158 Å². The molecule has 1 aromatic carbocycles. The van der Waals surface area contributed by atoms with E-state index in [1.54, 1.807) is 0 Å². The molecule has 0 N–H and O–H groups in total. The number of ketones is 1. The smallest absolute Gasteiger partial charge is 0.399 e. The monoisotopic (exact) mass is 374 g/mol. The Kier molecular flexibility index (Phi) is 4.44. The van der Waals surface area contributed by atoms with Gasteiger partial charge in [0.05, 0.1) is 11.2 Å². The summed E-state index contributed by atoms with van der Waals surface area (Å²) in [7, 11) is -1.18. The molecule has 0 aliphatic carbocycles. The summed E-state index contributed by atoms with van der Waals surface area (Å²) in [6, 6.07) is 7.66. The summed E-state index contributed by atoms with van der Waals surface area (Å²) in [5, 5.41) is 0.433. The van der Waals surface area contributed by atoms with Crippen molar-refractivity contribution in [2.45, 2.75) is 75.1 Å². The Hall–Kier alpha value is -0.975. The van der Waals surface area contributed by atoms with Crippen LogP contribution < -0.4 is 5.46 Å². The van der Waals surface area contributed by atoms with Gasteiger partial charge in [-0.15, -0.1) is 0 Å². The van der Waals surface area contributed by atoms with Crippen molar-refractivity contribution in [1.29, 1.82) is 0 Å². The molecule has 3 heterocycles. The van der Waals surface area contributed by atoms with Gasteiger partial charge in [-0.1, -0.05) is 24.3 Å². The second kappa shape index (κ2) is 6.28. The molecule has 4 rings (SSSR count). The maximum Gasteiger partial charge on any atom is 0.494 e. The van der Waals surface area contributed by atoms with Crippen LogP contribution in [0.15, 0.2) is 24.3 Å². The van der Waals surface area contributed by atoms with Crippen LogP contribution in [0.2, 0.25) is 0 Å². The Morgan fingerprint density at radius 2 is 1.65 bits per heavy atom. The average molecular weight is 374 g/mol. The van der Waals surface area contributed by atoms with Gasteiger partial charge in [-0.3, -0.25) is 9.00 Å². The topological polar surface area (TPSA) is 52.6 Å². The molecule has 0 saturated carbocycles. The Morgan fingerprint density at radius 1 is 1.08 bits per heavy atom. The van der Waals surface area contributed by atoms with Gasteiger partial charge in [-0.05, 0) is 58.8 Å². The van der Waals surface area contributed by atoms with Crippen molar-refractivity contribution in [3.63, 3.8) is 0 Å². The molecule has 2 atom stereocenters. The van der Waals surface area contributed by atoms with Gasteiger partial charge in [0.25, 0.3) is 0 Å². The fourth-order valence-electron chi connectivity index (χ4n) is 4.30. The molecule has 3 fully saturated rings. The molecule has 2 unspecified atom stereocenters. The highest BCUT2D eigenvalue weighted by Crippen LogP contribution is 2.40. The highest BCUT2D eigenvalue weighted by Gasteiger charge is 2.52. The van der Waals surface area contributed by atoms with E-state index in [0.29, 0.717) is 5.56 Å². The highest BCUT2D eigenvalue weighted by atomic mass is 32.2. The summed E-state index contributed by atoms with van der Waals surface area (Å²) in [4.78, 5) is 13.1. The first-order valence-electron chi connectivity index (χ1n) is 9.57. The number of hydrogen-bond donors (Lipinski definition) is 0. The molecule has 140 valence electrons. The van der Waals surface area contributed by atoms with E-state index < -0.39 is 29.1 Å². The molecule has 3 saturated heterocycles. The third kappa shape index (κ3) is 3.00. The second-order valence-electron chi connectivity index (χ2n) is 8.90. The van der Waals surface area contributed by atoms with E-state index in [-0.39, 0.29) is 22.2 Å². The summed E-state index contributed by atoms with van der Waals surface area (Å²) >= 11 is 0. The minimum absolute atomic E-state index is 0.00116. The third-order valence-corrected chi connectivity index (χ3v) is 8.80. The van der Waals surface area contributed by atoms with Crippen LogP contribution in [-0.4, -0.2) is 38.8 Å². The SMILES string of the molecule is CC1(C)OB(c2cccc(C(=O)C3CC4CCC(C3)S4=O)c2)OC1(C)C. The number of benzene rings is 1. The van der Waals surface area contributed by atoms with Crippen molar-refractivity contribution < 1.29 is 18.3 Å². The van der Waals surface area contributed by atoms with Gasteiger partial charge >= 0.3 is 7.12 Å². The van der Waals surface area contributed by atoms with Crippen LogP contribution in [0.25, 0.3) is 0 Å². The van der Waals surface area contributed by atoms with Gasteiger partial charge in [0.2, 0.25) is 0 Å². The largest absolute Gasteiger partial charge is 0.494 e. The van der Waals surface area contributed by atoms with Gasteiger partial charge in [0.15, 0.2) is 5.78 Å².